The third-order valence-corrected chi connectivity index (χ3v) is 6.50. The van der Waals surface area contributed by atoms with Gasteiger partial charge in [0.05, 0.1) is 30.3 Å². The number of hydrogen-bond donors (Lipinski definition) is 1. The summed E-state index contributed by atoms with van der Waals surface area (Å²) >= 11 is 1.44. The van der Waals surface area contributed by atoms with Crippen LogP contribution in [-0.4, -0.2) is 48.8 Å². The maximum absolute atomic E-state index is 13.3. The summed E-state index contributed by atoms with van der Waals surface area (Å²) in [4.78, 5) is 32.4. The van der Waals surface area contributed by atoms with E-state index in [-0.39, 0.29) is 18.9 Å². The predicted molar refractivity (Wildman–Crippen MR) is 139 cm³/mol. The quantitative estimate of drug-likeness (QED) is 0.366. The van der Waals surface area contributed by atoms with E-state index in [1.807, 2.05) is 71.8 Å². The molecule has 1 amide bonds. The van der Waals surface area contributed by atoms with Crippen LogP contribution >= 0.6 is 11.8 Å². The first-order chi connectivity index (χ1) is 17.5. The fourth-order valence-corrected chi connectivity index (χ4v) is 5.00. The van der Waals surface area contributed by atoms with Crippen molar-refractivity contribution in [2.75, 3.05) is 26.9 Å². The normalized spacial score (nSPS) is 16.8. The second-order valence-electron chi connectivity index (χ2n) is 8.14. The summed E-state index contributed by atoms with van der Waals surface area (Å²) in [6, 6.07) is 16.6. The second-order valence-corrected chi connectivity index (χ2v) is 8.98. The third-order valence-electron chi connectivity index (χ3n) is 5.61. The summed E-state index contributed by atoms with van der Waals surface area (Å²) in [7, 11) is 1.55. The predicted octanol–water partition coefficient (Wildman–Crippen LogP) is 4.77. The average Bonchev–Trinajstić information content (AvgIpc) is 3.25. The SMILES string of the molecule is CCNC(=O)CC1=CSC2=NC(C)=C(C(=O)OCCOC)[C@@H](c3cccc(Oc4ccccc4)c3)N12. The summed E-state index contributed by atoms with van der Waals surface area (Å²) in [5.41, 5.74) is 2.57. The molecule has 2 aromatic carbocycles. The molecule has 0 unspecified atom stereocenters. The minimum absolute atomic E-state index is 0.0963. The highest BCUT2D eigenvalue weighted by molar-refractivity contribution is 8.16. The van der Waals surface area contributed by atoms with Crippen molar-refractivity contribution in [3.8, 4) is 11.5 Å². The number of aliphatic imine (C=N–C) groups is 1. The van der Waals surface area contributed by atoms with Crippen molar-refractivity contribution >= 4 is 28.8 Å². The number of thioether (sulfide) groups is 1. The highest BCUT2D eigenvalue weighted by Crippen LogP contribution is 2.45. The Hall–Kier alpha value is -3.56. The highest BCUT2D eigenvalue weighted by atomic mass is 32.2. The molecule has 2 aliphatic heterocycles. The van der Waals surface area contributed by atoms with Crippen LogP contribution in [0.1, 0.15) is 31.9 Å². The number of para-hydroxylation sites is 1. The van der Waals surface area contributed by atoms with Gasteiger partial charge in [-0.15, -0.1) is 0 Å². The van der Waals surface area contributed by atoms with Crippen LogP contribution in [0.3, 0.4) is 0 Å². The van der Waals surface area contributed by atoms with Gasteiger partial charge in [-0.25, -0.2) is 9.79 Å². The van der Waals surface area contributed by atoms with E-state index in [1.165, 1.54) is 11.8 Å². The van der Waals surface area contributed by atoms with Crippen LogP contribution in [0.5, 0.6) is 11.5 Å². The van der Waals surface area contributed by atoms with Crippen LogP contribution in [-0.2, 0) is 19.1 Å². The van der Waals surface area contributed by atoms with E-state index in [0.29, 0.717) is 41.1 Å². The fourth-order valence-electron chi connectivity index (χ4n) is 4.04. The molecule has 0 aliphatic carbocycles. The first kappa shape index (κ1) is 25.5. The molecule has 9 heteroatoms. The molecule has 188 valence electrons. The number of ether oxygens (including phenoxy) is 3. The van der Waals surface area contributed by atoms with Crippen molar-refractivity contribution in [3.05, 3.63) is 82.5 Å². The molecule has 0 saturated carbocycles. The molecule has 2 heterocycles. The van der Waals surface area contributed by atoms with Gasteiger partial charge in [-0.1, -0.05) is 42.1 Å². The number of carbonyl (C=O) groups excluding carboxylic acids is 2. The topological polar surface area (TPSA) is 89.5 Å². The number of amidine groups is 1. The molecule has 0 bridgehead atoms. The minimum atomic E-state index is -0.539. The largest absolute Gasteiger partial charge is 0.460 e. The van der Waals surface area contributed by atoms with E-state index in [4.69, 9.17) is 14.2 Å². The molecule has 0 spiro atoms. The van der Waals surface area contributed by atoms with Gasteiger partial charge < -0.3 is 24.4 Å². The van der Waals surface area contributed by atoms with Gasteiger partial charge in [0.2, 0.25) is 5.91 Å². The van der Waals surface area contributed by atoms with Gasteiger partial charge in [-0.3, -0.25) is 4.79 Å². The lowest BCUT2D eigenvalue weighted by Gasteiger charge is -2.36. The summed E-state index contributed by atoms with van der Waals surface area (Å²) < 4.78 is 16.6. The zero-order valence-corrected chi connectivity index (χ0v) is 21.3. The molecule has 4 rings (SSSR count). The molecular formula is C27H29N3O5S. The molecule has 8 nitrogen and oxygen atoms in total. The van der Waals surface area contributed by atoms with Gasteiger partial charge in [-0.2, -0.15) is 0 Å². The highest BCUT2D eigenvalue weighted by Gasteiger charge is 2.41. The number of nitrogens with zero attached hydrogens (tertiary/aromatic N) is 2. The lowest BCUT2D eigenvalue weighted by molar-refractivity contribution is -0.141. The molecule has 1 N–H and O–H groups in total. The number of hydrogen-bond acceptors (Lipinski definition) is 8. The van der Waals surface area contributed by atoms with E-state index in [9.17, 15) is 9.59 Å². The number of nitrogens with one attached hydrogen (secondary N) is 1. The number of benzene rings is 2. The average molecular weight is 508 g/mol. The smallest absolute Gasteiger partial charge is 0.338 e. The zero-order chi connectivity index (χ0) is 25.5. The fraction of sp³-hybridized carbons (Fsp3) is 0.296. The van der Waals surface area contributed by atoms with Crippen LogP contribution in [0.2, 0.25) is 0 Å². The lowest BCUT2D eigenvalue weighted by atomic mass is 9.93. The number of amides is 1. The standard InChI is InChI=1S/C27H29N3O5S/c1-4-28-23(31)16-20-17-36-27-29-18(2)24(26(32)34-14-13-33-3)25(30(20)27)19-9-8-12-22(15-19)35-21-10-6-5-7-11-21/h5-12,15,17,25H,4,13-14,16H2,1-3H3,(H,28,31)/t25-/m1/s1. The van der Waals surface area contributed by atoms with E-state index in [1.54, 1.807) is 14.0 Å². The van der Waals surface area contributed by atoms with E-state index < -0.39 is 12.0 Å². The van der Waals surface area contributed by atoms with Gasteiger partial charge in [0.25, 0.3) is 0 Å². The van der Waals surface area contributed by atoms with Crippen LogP contribution < -0.4 is 10.1 Å². The van der Waals surface area contributed by atoms with Gasteiger partial charge in [-0.05, 0) is 49.1 Å². The van der Waals surface area contributed by atoms with Crippen molar-refractivity contribution in [2.24, 2.45) is 4.99 Å². The van der Waals surface area contributed by atoms with Crippen molar-refractivity contribution in [3.63, 3.8) is 0 Å². The van der Waals surface area contributed by atoms with Crippen molar-refractivity contribution < 1.29 is 23.8 Å². The van der Waals surface area contributed by atoms with Gasteiger partial charge in [0.15, 0.2) is 5.17 Å². The Morgan fingerprint density at radius 2 is 1.86 bits per heavy atom. The number of esters is 1. The van der Waals surface area contributed by atoms with Crippen LogP contribution in [0.15, 0.2) is 82.0 Å². The van der Waals surface area contributed by atoms with Gasteiger partial charge >= 0.3 is 5.97 Å². The Morgan fingerprint density at radius 3 is 2.61 bits per heavy atom. The summed E-state index contributed by atoms with van der Waals surface area (Å²) in [5.74, 6) is 0.774. The molecule has 2 aliphatic rings. The van der Waals surface area contributed by atoms with Crippen molar-refractivity contribution in [2.45, 2.75) is 26.3 Å². The first-order valence-electron chi connectivity index (χ1n) is 11.7. The first-order valence-corrected chi connectivity index (χ1v) is 12.6. The summed E-state index contributed by atoms with van der Waals surface area (Å²) in [6.07, 6.45) is 0.168. The van der Waals surface area contributed by atoms with Gasteiger partial charge in [0, 0.05) is 19.4 Å². The number of allylic oxidation sites excluding steroid dienone is 1. The van der Waals surface area contributed by atoms with Crippen LogP contribution in [0.4, 0.5) is 0 Å². The molecule has 0 radical (unpaired) electrons. The number of rotatable bonds is 10. The van der Waals surface area contributed by atoms with Crippen LogP contribution in [0.25, 0.3) is 0 Å². The molecule has 2 aromatic rings. The third kappa shape index (κ3) is 5.80. The Kier molecular flexibility index (Phi) is 8.45. The summed E-state index contributed by atoms with van der Waals surface area (Å²) in [6.45, 7) is 4.64. The van der Waals surface area contributed by atoms with Crippen molar-refractivity contribution in [1.82, 2.24) is 10.2 Å². The lowest BCUT2D eigenvalue weighted by Crippen LogP contribution is -2.38. The maximum Gasteiger partial charge on any atom is 0.338 e. The van der Waals surface area contributed by atoms with Gasteiger partial charge in [0.1, 0.15) is 18.1 Å². The Morgan fingerprint density at radius 1 is 1.08 bits per heavy atom. The number of carbonyl (C=O) groups is 2. The Balaban J connectivity index is 1.72. The minimum Gasteiger partial charge on any atom is -0.460 e. The number of methoxy groups -OCH3 is 1. The van der Waals surface area contributed by atoms with Crippen LogP contribution in [0, 0.1) is 0 Å². The molecular weight excluding hydrogens is 478 g/mol. The maximum atomic E-state index is 13.3. The molecule has 36 heavy (non-hydrogen) atoms. The van der Waals surface area contributed by atoms with E-state index >= 15 is 0 Å². The molecule has 0 fully saturated rings. The monoisotopic (exact) mass is 507 g/mol. The Bertz CT molecular complexity index is 1210. The zero-order valence-electron chi connectivity index (χ0n) is 20.5. The Labute approximate surface area is 215 Å². The molecule has 0 saturated heterocycles. The van der Waals surface area contributed by atoms with E-state index in [0.717, 1.165) is 11.3 Å². The van der Waals surface area contributed by atoms with Crippen molar-refractivity contribution in [1.29, 1.82) is 0 Å². The number of fused-ring (bicyclic) bond motifs is 1. The van der Waals surface area contributed by atoms with E-state index in [2.05, 4.69) is 10.3 Å². The molecule has 0 aromatic heterocycles. The summed E-state index contributed by atoms with van der Waals surface area (Å²) in [5, 5.41) is 5.47. The second kappa shape index (κ2) is 11.9. The molecule has 1 atom stereocenters.